The van der Waals surface area contributed by atoms with Gasteiger partial charge in [-0.1, -0.05) is 37.3 Å². The molecule has 0 aromatic heterocycles. The molecule has 2 heteroatoms. The molecule has 1 N–H and O–H groups in total. The van der Waals surface area contributed by atoms with Crippen LogP contribution in [0.25, 0.3) is 0 Å². The lowest BCUT2D eigenvalue weighted by molar-refractivity contribution is 0.0947. The van der Waals surface area contributed by atoms with Gasteiger partial charge >= 0.3 is 0 Å². The van der Waals surface area contributed by atoms with E-state index >= 15 is 0 Å². The van der Waals surface area contributed by atoms with Crippen LogP contribution in [0.1, 0.15) is 25.8 Å². The lowest BCUT2D eigenvalue weighted by Crippen LogP contribution is -2.27. The van der Waals surface area contributed by atoms with Crippen molar-refractivity contribution in [1.82, 2.24) is 5.32 Å². The molecule has 0 bridgehead atoms. The number of nitrogens with one attached hydrogen (secondary N) is 1. The summed E-state index contributed by atoms with van der Waals surface area (Å²) in [6, 6.07) is 10.7. The van der Waals surface area contributed by atoms with Gasteiger partial charge in [0.25, 0.3) is 0 Å². The first-order valence-electron chi connectivity index (χ1n) is 6.53. The summed E-state index contributed by atoms with van der Waals surface area (Å²) in [6.45, 7) is 6.40. The molecule has 1 aromatic rings. The molecule has 0 saturated heterocycles. The van der Waals surface area contributed by atoms with Crippen LogP contribution in [0.3, 0.4) is 0 Å². The van der Waals surface area contributed by atoms with Crippen molar-refractivity contribution in [2.45, 2.75) is 32.8 Å². The molecule has 0 aliphatic heterocycles. The van der Waals surface area contributed by atoms with Crippen LogP contribution in [0.4, 0.5) is 0 Å². The zero-order chi connectivity index (χ0) is 12.5. The van der Waals surface area contributed by atoms with Gasteiger partial charge in [0, 0.05) is 7.11 Å². The average Bonchev–Trinajstić information content (AvgIpc) is 2.37. The molecule has 0 amide bonds. The molecule has 2 unspecified atom stereocenters. The number of rotatable bonds is 8. The van der Waals surface area contributed by atoms with Gasteiger partial charge in [0.2, 0.25) is 0 Å². The second-order valence-corrected chi connectivity index (χ2v) is 4.65. The van der Waals surface area contributed by atoms with E-state index in [9.17, 15) is 0 Å². The maximum absolute atomic E-state index is 5.37. The molecular weight excluding hydrogens is 210 g/mol. The smallest absolute Gasteiger partial charge is 0.0546 e. The summed E-state index contributed by atoms with van der Waals surface area (Å²) < 4.78 is 5.37. The maximum atomic E-state index is 5.37. The third-order valence-electron chi connectivity index (χ3n) is 3.12. The molecule has 0 aliphatic carbocycles. The predicted molar refractivity (Wildman–Crippen MR) is 73.3 cm³/mol. The minimum Gasteiger partial charge on any atom is -0.382 e. The van der Waals surface area contributed by atoms with Crippen LogP contribution in [0.15, 0.2) is 30.3 Å². The van der Waals surface area contributed by atoms with E-state index in [1.807, 2.05) is 0 Å². The first kappa shape index (κ1) is 14.2. The molecule has 1 rings (SSSR count). The fourth-order valence-electron chi connectivity index (χ4n) is 2.10. The lowest BCUT2D eigenvalue weighted by Gasteiger charge is -2.20. The fourth-order valence-corrected chi connectivity index (χ4v) is 2.10. The maximum Gasteiger partial charge on any atom is 0.0546 e. The summed E-state index contributed by atoms with van der Waals surface area (Å²) in [7, 11) is 1.79. The highest BCUT2D eigenvalue weighted by atomic mass is 16.5. The summed E-state index contributed by atoms with van der Waals surface area (Å²) >= 11 is 0. The molecule has 96 valence electrons. The summed E-state index contributed by atoms with van der Waals surface area (Å²) in [5, 5.41) is 3.44. The number of benzene rings is 1. The van der Waals surface area contributed by atoms with Crippen molar-refractivity contribution in [3.05, 3.63) is 35.9 Å². The van der Waals surface area contributed by atoms with Crippen LogP contribution in [-0.2, 0) is 11.2 Å². The Morgan fingerprint density at radius 3 is 2.53 bits per heavy atom. The van der Waals surface area contributed by atoms with Gasteiger partial charge < -0.3 is 10.1 Å². The number of hydrogen-bond donors (Lipinski definition) is 1. The van der Waals surface area contributed by atoms with Gasteiger partial charge in [0.15, 0.2) is 0 Å². The lowest BCUT2D eigenvalue weighted by atomic mass is 9.94. The van der Waals surface area contributed by atoms with Crippen molar-refractivity contribution in [3.8, 4) is 0 Å². The minimum absolute atomic E-state index is 0.336. The van der Waals surface area contributed by atoms with Crippen LogP contribution in [0, 0.1) is 5.92 Å². The number of ether oxygens (including phenoxy) is 1. The van der Waals surface area contributed by atoms with E-state index in [1.165, 1.54) is 5.56 Å². The van der Waals surface area contributed by atoms with Gasteiger partial charge in [-0.2, -0.15) is 0 Å². The Morgan fingerprint density at radius 2 is 1.94 bits per heavy atom. The van der Waals surface area contributed by atoms with E-state index in [0.29, 0.717) is 12.0 Å². The van der Waals surface area contributed by atoms with Gasteiger partial charge in [-0.25, -0.2) is 0 Å². The molecule has 2 nitrogen and oxygen atoms in total. The number of hydrogen-bond acceptors (Lipinski definition) is 2. The SMILES string of the molecule is CCNCC(Cc1ccccc1)CC(C)OC. The van der Waals surface area contributed by atoms with Crippen LogP contribution in [0.5, 0.6) is 0 Å². The Bertz CT molecular complexity index is 286. The first-order valence-corrected chi connectivity index (χ1v) is 6.53. The van der Waals surface area contributed by atoms with Gasteiger partial charge in [-0.15, -0.1) is 0 Å². The Hall–Kier alpha value is -0.860. The van der Waals surface area contributed by atoms with E-state index in [1.54, 1.807) is 7.11 Å². The molecule has 2 atom stereocenters. The third kappa shape index (κ3) is 5.85. The zero-order valence-corrected chi connectivity index (χ0v) is 11.3. The van der Waals surface area contributed by atoms with Crippen molar-refractivity contribution in [2.24, 2.45) is 5.92 Å². The van der Waals surface area contributed by atoms with Crippen molar-refractivity contribution < 1.29 is 4.74 Å². The molecule has 1 aromatic carbocycles. The van der Waals surface area contributed by atoms with E-state index in [-0.39, 0.29) is 0 Å². The van der Waals surface area contributed by atoms with E-state index < -0.39 is 0 Å². The fraction of sp³-hybridized carbons (Fsp3) is 0.600. The Balaban J connectivity index is 2.50. The predicted octanol–water partition coefficient (Wildman–Crippen LogP) is 2.88. The van der Waals surface area contributed by atoms with Crippen LogP contribution in [-0.4, -0.2) is 26.3 Å². The van der Waals surface area contributed by atoms with Gasteiger partial charge in [0.05, 0.1) is 6.10 Å². The number of methoxy groups -OCH3 is 1. The highest BCUT2D eigenvalue weighted by Crippen LogP contribution is 2.15. The van der Waals surface area contributed by atoms with E-state index in [2.05, 4.69) is 49.5 Å². The third-order valence-corrected chi connectivity index (χ3v) is 3.12. The van der Waals surface area contributed by atoms with E-state index in [4.69, 9.17) is 4.74 Å². The van der Waals surface area contributed by atoms with Crippen LogP contribution >= 0.6 is 0 Å². The molecule has 0 aliphatic rings. The average molecular weight is 235 g/mol. The topological polar surface area (TPSA) is 21.3 Å². The summed E-state index contributed by atoms with van der Waals surface area (Å²) in [5.41, 5.74) is 1.42. The largest absolute Gasteiger partial charge is 0.382 e. The second kappa shape index (κ2) is 8.26. The van der Waals surface area contributed by atoms with Gasteiger partial charge in [-0.3, -0.25) is 0 Å². The minimum atomic E-state index is 0.336. The summed E-state index contributed by atoms with van der Waals surface area (Å²) in [4.78, 5) is 0. The van der Waals surface area contributed by atoms with Gasteiger partial charge in [0.1, 0.15) is 0 Å². The molecule has 0 spiro atoms. The molecule has 0 fully saturated rings. The molecule has 17 heavy (non-hydrogen) atoms. The quantitative estimate of drug-likeness (QED) is 0.748. The highest BCUT2D eigenvalue weighted by molar-refractivity contribution is 5.15. The van der Waals surface area contributed by atoms with Crippen LogP contribution in [0.2, 0.25) is 0 Å². The molecule has 0 saturated carbocycles. The standard InChI is InChI=1S/C15H25NO/c1-4-16-12-15(10-13(2)17-3)11-14-8-6-5-7-9-14/h5-9,13,15-16H,4,10-12H2,1-3H3. The van der Waals surface area contributed by atoms with Crippen molar-refractivity contribution in [2.75, 3.05) is 20.2 Å². The van der Waals surface area contributed by atoms with E-state index in [0.717, 1.165) is 25.9 Å². The summed E-state index contributed by atoms with van der Waals surface area (Å²) in [6.07, 6.45) is 2.57. The Kier molecular flexibility index (Phi) is 6.90. The Morgan fingerprint density at radius 1 is 1.24 bits per heavy atom. The summed E-state index contributed by atoms with van der Waals surface area (Å²) in [5.74, 6) is 0.646. The molecule has 0 radical (unpaired) electrons. The zero-order valence-electron chi connectivity index (χ0n) is 11.3. The van der Waals surface area contributed by atoms with Crippen LogP contribution < -0.4 is 5.32 Å². The first-order chi connectivity index (χ1) is 8.26. The highest BCUT2D eigenvalue weighted by Gasteiger charge is 2.13. The van der Waals surface area contributed by atoms with Gasteiger partial charge in [-0.05, 0) is 44.3 Å². The second-order valence-electron chi connectivity index (χ2n) is 4.65. The molecular formula is C15H25NO. The van der Waals surface area contributed by atoms with Crippen molar-refractivity contribution >= 4 is 0 Å². The Labute approximate surface area is 105 Å². The van der Waals surface area contributed by atoms with Crippen molar-refractivity contribution in [3.63, 3.8) is 0 Å². The molecule has 0 heterocycles. The normalized spacial score (nSPS) is 14.5. The monoisotopic (exact) mass is 235 g/mol. The van der Waals surface area contributed by atoms with Crippen molar-refractivity contribution in [1.29, 1.82) is 0 Å².